The van der Waals surface area contributed by atoms with E-state index in [1.165, 1.54) is 6.07 Å². The number of amides is 1. The number of carbonyl (C=O) groups excluding carboxylic acids is 1. The number of aliphatic carboxylic acids is 1. The summed E-state index contributed by atoms with van der Waals surface area (Å²) in [5.41, 5.74) is 4.18. The lowest BCUT2D eigenvalue weighted by Gasteiger charge is -2.20. The van der Waals surface area contributed by atoms with Gasteiger partial charge in [-0.2, -0.15) is 5.10 Å². The molecule has 0 saturated heterocycles. The van der Waals surface area contributed by atoms with Gasteiger partial charge < -0.3 is 15.5 Å². The molecular formula is C27H23Cl2N3O4. The fraction of sp³-hybridized carbons (Fsp3) is 0.148. The molecule has 184 valence electrons. The van der Waals surface area contributed by atoms with Crippen molar-refractivity contribution in [2.24, 2.45) is 0 Å². The predicted octanol–water partition coefficient (Wildman–Crippen LogP) is 5.23. The van der Waals surface area contributed by atoms with Crippen LogP contribution in [0, 0.1) is 0 Å². The summed E-state index contributed by atoms with van der Waals surface area (Å²) in [6, 6.07) is 23.5. The van der Waals surface area contributed by atoms with Gasteiger partial charge in [0.25, 0.3) is 5.91 Å². The van der Waals surface area contributed by atoms with Crippen LogP contribution in [0.4, 0.5) is 0 Å². The molecule has 1 aromatic heterocycles. The second kappa shape index (κ2) is 11.4. The summed E-state index contributed by atoms with van der Waals surface area (Å²) in [6.45, 7) is 0. The Balaban J connectivity index is 1.50. The summed E-state index contributed by atoms with van der Waals surface area (Å²) in [4.78, 5) is 24.2. The standard InChI is InChI=1S/C27H23Cl2N3O4/c28-19-10-11-22(29)21(13-19)23-15-24(32-31-23)26(34)30-20(14-25(33)27(35)36)12-16-6-8-18(9-7-16)17-4-2-1-3-5-17/h1-11,13,15,20,25,33H,12,14H2,(H,30,34)(H,31,32)(H,35,36). The normalized spacial score (nSPS) is 12.6. The second-order valence-corrected chi connectivity index (χ2v) is 9.16. The minimum absolute atomic E-state index is 0.0929. The molecule has 0 bridgehead atoms. The molecule has 0 fully saturated rings. The topological polar surface area (TPSA) is 115 Å². The first-order valence-electron chi connectivity index (χ1n) is 11.2. The largest absolute Gasteiger partial charge is 0.479 e. The number of carboxylic acid groups (broad SMARTS) is 1. The van der Waals surface area contributed by atoms with Crippen molar-refractivity contribution in [2.75, 3.05) is 0 Å². The number of rotatable bonds is 9. The summed E-state index contributed by atoms with van der Waals surface area (Å²) in [5, 5.41) is 29.7. The molecule has 0 radical (unpaired) electrons. The average molecular weight is 524 g/mol. The van der Waals surface area contributed by atoms with E-state index >= 15 is 0 Å². The van der Waals surface area contributed by atoms with Gasteiger partial charge in [0.05, 0.1) is 10.7 Å². The summed E-state index contributed by atoms with van der Waals surface area (Å²) < 4.78 is 0. The Morgan fingerprint density at radius 3 is 2.33 bits per heavy atom. The third kappa shape index (κ3) is 6.31. The molecule has 9 heteroatoms. The summed E-state index contributed by atoms with van der Waals surface area (Å²) in [7, 11) is 0. The van der Waals surface area contributed by atoms with E-state index in [9.17, 15) is 19.8 Å². The molecule has 0 saturated carbocycles. The zero-order valence-electron chi connectivity index (χ0n) is 19.0. The predicted molar refractivity (Wildman–Crippen MR) is 139 cm³/mol. The quantitative estimate of drug-likeness (QED) is 0.240. The summed E-state index contributed by atoms with van der Waals surface area (Å²) >= 11 is 12.3. The Morgan fingerprint density at radius 2 is 1.64 bits per heavy atom. The Hall–Kier alpha value is -3.65. The molecule has 2 unspecified atom stereocenters. The van der Waals surface area contributed by atoms with Gasteiger partial charge in [-0.05, 0) is 47.4 Å². The van der Waals surface area contributed by atoms with E-state index in [1.807, 2.05) is 54.6 Å². The van der Waals surface area contributed by atoms with Crippen LogP contribution in [-0.2, 0) is 11.2 Å². The maximum absolute atomic E-state index is 13.0. The van der Waals surface area contributed by atoms with E-state index in [4.69, 9.17) is 23.2 Å². The zero-order chi connectivity index (χ0) is 25.7. The summed E-state index contributed by atoms with van der Waals surface area (Å²) in [5.74, 6) is -1.87. The molecule has 36 heavy (non-hydrogen) atoms. The third-order valence-corrected chi connectivity index (χ3v) is 6.26. The average Bonchev–Trinajstić information content (AvgIpc) is 3.37. The number of carboxylic acids is 1. The van der Waals surface area contributed by atoms with Gasteiger partial charge >= 0.3 is 5.97 Å². The van der Waals surface area contributed by atoms with Crippen LogP contribution in [0.5, 0.6) is 0 Å². The van der Waals surface area contributed by atoms with Gasteiger partial charge in [0.2, 0.25) is 0 Å². The molecule has 0 aliphatic rings. The molecule has 4 rings (SSSR count). The molecule has 0 spiro atoms. The SMILES string of the molecule is O=C(NC(Cc1ccc(-c2ccccc2)cc1)CC(O)C(=O)O)c1cc(-c2cc(Cl)ccc2Cl)[nH]n1. The number of aliphatic hydroxyl groups is 1. The number of hydrogen-bond donors (Lipinski definition) is 4. The molecule has 3 aromatic carbocycles. The molecule has 2 atom stereocenters. The number of benzene rings is 3. The van der Waals surface area contributed by atoms with Crippen molar-refractivity contribution in [3.05, 3.63) is 100 Å². The van der Waals surface area contributed by atoms with Gasteiger partial charge in [-0.1, -0.05) is 77.8 Å². The first-order valence-corrected chi connectivity index (χ1v) is 11.9. The lowest BCUT2D eigenvalue weighted by Crippen LogP contribution is -2.40. The lowest BCUT2D eigenvalue weighted by molar-refractivity contribution is -0.147. The fourth-order valence-corrected chi connectivity index (χ4v) is 4.24. The number of hydrogen-bond acceptors (Lipinski definition) is 4. The Kier molecular flexibility index (Phi) is 8.05. The monoisotopic (exact) mass is 523 g/mol. The maximum atomic E-state index is 13.0. The Labute approximate surface area is 217 Å². The van der Waals surface area contributed by atoms with E-state index in [1.54, 1.807) is 18.2 Å². The third-order valence-electron chi connectivity index (χ3n) is 5.70. The van der Waals surface area contributed by atoms with Crippen LogP contribution in [-0.4, -0.2) is 44.4 Å². The highest BCUT2D eigenvalue weighted by molar-refractivity contribution is 6.35. The number of nitrogens with zero attached hydrogens (tertiary/aromatic N) is 1. The van der Waals surface area contributed by atoms with Crippen molar-refractivity contribution in [3.63, 3.8) is 0 Å². The van der Waals surface area contributed by atoms with Crippen molar-refractivity contribution in [3.8, 4) is 22.4 Å². The molecule has 0 aliphatic heterocycles. The smallest absolute Gasteiger partial charge is 0.332 e. The first kappa shape index (κ1) is 25.4. The van der Waals surface area contributed by atoms with Gasteiger partial charge in [0.1, 0.15) is 0 Å². The van der Waals surface area contributed by atoms with Gasteiger partial charge in [0.15, 0.2) is 11.8 Å². The van der Waals surface area contributed by atoms with Gasteiger partial charge in [-0.25, -0.2) is 4.79 Å². The van der Waals surface area contributed by atoms with E-state index in [-0.39, 0.29) is 12.1 Å². The van der Waals surface area contributed by atoms with Crippen LogP contribution >= 0.6 is 23.2 Å². The highest BCUT2D eigenvalue weighted by atomic mass is 35.5. The Morgan fingerprint density at radius 1 is 0.944 bits per heavy atom. The van der Waals surface area contributed by atoms with Crippen LogP contribution in [0.25, 0.3) is 22.4 Å². The highest BCUT2D eigenvalue weighted by Gasteiger charge is 2.24. The van der Waals surface area contributed by atoms with Crippen molar-refractivity contribution in [1.82, 2.24) is 15.5 Å². The number of aromatic amines is 1. The van der Waals surface area contributed by atoms with Crippen LogP contribution in [0.2, 0.25) is 10.0 Å². The molecule has 1 amide bonds. The number of aliphatic hydroxyl groups excluding tert-OH is 1. The molecule has 0 aliphatic carbocycles. The second-order valence-electron chi connectivity index (χ2n) is 8.32. The van der Waals surface area contributed by atoms with Crippen molar-refractivity contribution in [2.45, 2.75) is 25.0 Å². The van der Waals surface area contributed by atoms with Gasteiger partial charge in [-0.3, -0.25) is 9.89 Å². The number of nitrogens with one attached hydrogen (secondary N) is 2. The van der Waals surface area contributed by atoms with E-state index in [0.29, 0.717) is 27.7 Å². The van der Waals surface area contributed by atoms with Crippen LogP contribution < -0.4 is 5.32 Å². The van der Waals surface area contributed by atoms with Gasteiger partial charge in [-0.15, -0.1) is 0 Å². The number of H-pyrrole nitrogens is 1. The lowest BCUT2D eigenvalue weighted by atomic mass is 9.97. The molecule has 7 nitrogen and oxygen atoms in total. The van der Waals surface area contributed by atoms with E-state index in [0.717, 1.165) is 16.7 Å². The van der Waals surface area contributed by atoms with Gasteiger partial charge in [0, 0.05) is 23.0 Å². The minimum Gasteiger partial charge on any atom is -0.479 e. The van der Waals surface area contributed by atoms with Crippen LogP contribution in [0.1, 0.15) is 22.5 Å². The molecule has 4 N–H and O–H groups in total. The summed E-state index contributed by atoms with van der Waals surface area (Å²) in [6.07, 6.45) is -1.47. The van der Waals surface area contributed by atoms with Crippen molar-refractivity contribution in [1.29, 1.82) is 0 Å². The maximum Gasteiger partial charge on any atom is 0.332 e. The van der Waals surface area contributed by atoms with Crippen LogP contribution in [0.15, 0.2) is 78.9 Å². The molecule has 1 heterocycles. The Bertz CT molecular complexity index is 1360. The number of halogens is 2. The number of aromatic nitrogens is 2. The van der Waals surface area contributed by atoms with Crippen molar-refractivity contribution < 1.29 is 19.8 Å². The van der Waals surface area contributed by atoms with Crippen LogP contribution in [0.3, 0.4) is 0 Å². The van der Waals surface area contributed by atoms with E-state index < -0.39 is 24.0 Å². The zero-order valence-corrected chi connectivity index (χ0v) is 20.5. The van der Waals surface area contributed by atoms with Crippen molar-refractivity contribution >= 4 is 35.1 Å². The highest BCUT2D eigenvalue weighted by Crippen LogP contribution is 2.29. The number of carbonyl (C=O) groups is 2. The minimum atomic E-state index is -1.63. The van der Waals surface area contributed by atoms with E-state index in [2.05, 4.69) is 15.5 Å². The molecule has 4 aromatic rings. The molecular weight excluding hydrogens is 501 g/mol. The first-order chi connectivity index (χ1) is 17.3. The fourth-order valence-electron chi connectivity index (χ4n) is 3.85.